The van der Waals surface area contributed by atoms with E-state index < -0.39 is 0 Å². The number of hydrogen-bond donors (Lipinski definition) is 1. The van der Waals surface area contributed by atoms with Crippen LogP contribution in [0.5, 0.6) is 0 Å². The second-order valence-corrected chi connectivity index (χ2v) is 4.84. The van der Waals surface area contributed by atoms with Crippen molar-refractivity contribution in [1.29, 1.82) is 0 Å². The third-order valence-corrected chi connectivity index (χ3v) is 3.42. The first-order chi connectivity index (χ1) is 4.16. The zero-order valence-corrected chi connectivity index (χ0v) is 7.22. The van der Waals surface area contributed by atoms with Crippen LogP contribution in [0.1, 0.15) is 27.2 Å². The molecule has 2 heteroatoms. The minimum Gasteiger partial charge on any atom is -0.302 e. The lowest BCUT2D eigenvalue weighted by molar-refractivity contribution is 0.522. The van der Waals surface area contributed by atoms with Gasteiger partial charge in [-0.2, -0.15) is 0 Å². The molecule has 0 bridgehead atoms. The zero-order chi connectivity index (χ0) is 6.91. The highest BCUT2D eigenvalue weighted by Gasteiger charge is 2.30. The van der Waals surface area contributed by atoms with Crippen LogP contribution < -0.4 is 5.32 Å². The van der Waals surface area contributed by atoms with Gasteiger partial charge in [0.05, 0.1) is 4.87 Å². The van der Waals surface area contributed by atoms with E-state index in [-0.39, 0.29) is 0 Å². The van der Waals surface area contributed by atoms with Crippen LogP contribution in [0.25, 0.3) is 0 Å². The topological polar surface area (TPSA) is 12.0 Å². The molecule has 54 valence electrons. The Bertz CT molecular complexity index is 105. The Kier molecular flexibility index (Phi) is 2.07. The van der Waals surface area contributed by atoms with Crippen molar-refractivity contribution < 1.29 is 0 Å². The van der Waals surface area contributed by atoms with Gasteiger partial charge in [-0.05, 0) is 13.3 Å². The first-order valence-corrected chi connectivity index (χ1v) is 4.47. The van der Waals surface area contributed by atoms with Gasteiger partial charge in [0.25, 0.3) is 0 Å². The molecular formula is C7H15NS. The molecule has 0 aromatic heterocycles. The van der Waals surface area contributed by atoms with Crippen LogP contribution in [0.3, 0.4) is 0 Å². The first-order valence-electron chi connectivity index (χ1n) is 3.59. The molecule has 1 rings (SSSR count). The fourth-order valence-electron chi connectivity index (χ4n) is 1.10. The summed E-state index contributed by atoms with van der Waals surface area (Å²) in [6, 6.07) is 0. The van der Waals surface area contributed by atoms with Crippen molar-refractivity contribution >= 4 is 11.8 Å². The van der Waals surface area contributed by atoms with Gasteiger partial charge in [0, 0.05) is 11.8 Å². The third kappa shape index (κ3) is 1.62. The molecule has 1 aliphatic heterocycles. The highest BCUT2D eigenvalue weighted by atomic mass is 32.2. The Labute approximate surface area is 61.6 Å². The molecule has 1 heterocycles. The van der Waals surface area contributed by atoms with Crippen molar-refractivity contribution in [2.75, 3.05) is 6.54 Å². The van der Waals surface area contributed by atoms with Crippen LogP contribution >= 0.6 is 11.8 Å². The van der Waals surface area contributed by atoms with E-state index in [1.807, 2.05) is 0 Å². The average molecular weight is 145 g/mol. The molecule has 0 saturated carbocycles. The van der Waals surface area contributed by atoms with Gasteiger partial charge in [-0.3, -0.25) is 0 Å². The summed E-state index contributed by atoms with van der Waals surface area (Å²) in [6.07, 6.45) is 1.22. The minimum absolute atomic E-state index is 0.374. The lowest BCUT2D eigenvalue weighted by Gasteiger charge is -2.20. The van der Waals surface area contributed by atoms with Gasteiger partial charge < -0.3 is 5.32 Å². The van der Waals surface area contributed by atoms with Crippen molar-refractivity contribution in [3.8, 4) is 0 Å². The molecular weight excluding hydrogens is 130 g/mol. The first kappa shape index (κ1) is 7.42. The maximum Gasteiger partial charge on any atom is 0.0617 e. The van der Waals surface area contributed by atoms with Gasteiger partial charge in [0.1, 0.15) is 0 Å². The highest BCUT2D eigenvalue weighted by Crippen LogP contribution is 2.34. The Balaban J connectivity index is 2.45. The Hall–Kier alpha value is 0.310. The van der Waals surface area contributed by atoms with E-state index in [2.05, 4.69) is 37.8 Å². The van der Waals surface area contributed by atoms with E-state index in [4.69, 9.17) is 0 Å². The van der Waals surface area contributed by atoms with Crippen molar-refractivity contribution in [1.82, 2.24) is 5.32 Å². The summed E-state index contributed by atoms with van der Waals surface area (Å²) in [5, 5.41) is 4.30. The van der Waals surface area contributed by atoms with Crippen LogP contribution in [0, 0.1) is 0 Å². The number of thioether (sulfide) groups is 1. The maximum atomic E-state index is 3.50. The molecule has 0 aromatic rings. The lowest BCUT2D eigenvalue weighted by Crippen LogP contribution is -2.32. The molecule has 0 spiro atoms. The SMILES string of the molecule is CCC1(C)NCC(C)S1. The second-order valence-electron chi connectivity index (χ2n) is 2.89. The number of nitrogens with one attached hydrogen (secondary N) is 1. The zero-order valence-electron chi connectivity index (χ0n) is 6.40. The van der Waals surface area contributed by atoms with Gasteiger partial charge in [0.2, 0.25) is 0 Å². The molecule has 0 radical (unpaired) electrons. The fraction of sp³-hybridized carbons (Fsp3) is 1.00. The van der Waals surface area contributed by atoms with Crippen LogP contribution in [-0.4, -0.2) is 16.7 Å². The Morgan fingerprint density at radius 2 is 2.44 bits per heavy atom. The summed E-state index contributed by atoms with van der Waals surface area (Å²) in [7, 11) is 0. The summed E-state index contributed by atoms with van der Waals surface area (Å²) in [5.41, 5.74) is 0. The number of hydrogen-bond acceptors (Lipinski definition) is 2. The van der Waals surface area contributed by atoms with Crippen LogP contribution in [0.4, 0.5) is 0 Å². The molecule has 2 atom stereocenters. The average Bonchev–Trinajstić information content (AvgIpc) is 2.13. The van der Waals surface area contributed by atoms with Gasteiger partial charge in [-0.25, -0.2) is 0 Å². The molecule has 1 aliphatic rings. The van der Waals surface area contributed by atoms with Crippen molar-refractivity contribution in [3.63, 3.8) is 0 Å². The molecule has 2 unspecified atom stereocenters. The van der Waals surface area contributed by atoms with Crippen molar-refractivity contribution in [2.45, 2.75) is 37.3 Å². The van der Waals surface area contributed by atoms with E-state index in [1.165, 1.54) is 13.0 Å². The largest absolute Gasteiger partial charge is 0.302 e. The summed E-state index contributed by atoms with van der Waals surface area (Å²) in [6.45, 7) is 7.97. The minimum atomic E-state index is 0.374. The maximum absolute atomic E-state index is 3.50. The van der Waals surface area contributed by atoms with Gasteiger partial charge >= 0.3 is 0 Å². The molecule has 1 N–H and O–H groups in total. The van der Waals surface area contributed by atoms with E-state index in [1.54, 1.807) is 0 Å². The molecule has 1 nitrogen and oxygen atoms in total. The standard InChI is InChI=1S/C7H15NS/c1-4-7(3)8-5-6(2)9-7/h6,8H,4-5H2,1-3H3. The van der Waals surface area contributed by atoms with E-state index >= 15 is 0 Å². The molecule has 0 aromatic carbocycles. The summed E-state index contributed by atoms with van der Waals surface area (Å²) >= 11 is 2.06. The summed E-state index contributed by atoms with van der Waals surface area (Å²) in [4.78, 5) is 0.374. The lowest BCUT2D eigenvalue weighted by atomic mass is 10.2. The van der Waals surface area contributed by atoms with E-state index in [0.717, 1.165) is 5.25 Å². The molecule has 1 saturated heterocycles. The smallest absolute Gasteiger partial charge is 0.0617 e. The monoisotopic (exact) mass is 145 g/mol. The predicted molar refractivity (Wildman–Crippen MR) is 43.8 cm³/mol. The van der Waals surface area contributed by atoms with Gasteiger partial charge in [-0.15, -0.1) is 11.8 Å². The number of rotatable bonds is 1. The fourth-order valence-corrected chi connectivity index (χ4v) is 2.48. The van der Waals surface area contributed by atoms with Gasteiger partial charge in [0.15, 0.2) is 0 Å². The molecule has 1 fully saturated rings. The molecule has 0 aliphatic carbocycles. The quantitative estimate of drug-likeness (QED) is 0.604. The van der Waals surface area contributed by atoms with Crippen LogP contribution in [0.15, 0.2) is 0 Å². The Morgan fingerprint density at radius 3 is 2.67 bits per heavy atom. The molecule has 0 amide bonds. The third-order valence-electron chi connectivity index (χ3n) is 1.90. The predicted octanol–water partition coefficient (Wildman–Crippen LogP) is 1.84. The highest BCUT2D eigenvalue weighted by molar-refractivity contribution is 8.01. The Morgan fingerprint density at radius 1 is 1.78 bits per heavy atom. The van der Waals surface area contributed by atoms with Gasteiger partial charge in [-0.1, -0.05) is 13.8 Å². The summed E-state index contributed by atoms with van der Waals surface area (Å²) < 4.78 is 0. The second kappa shape index (κ2) is 2.51. The van der Waals surface area contributed by atoms with E-state index in [0.29, 0.717) is 4.87 Å². The van der Waals surface area contributed by atoms with E-state index in [9.17, 15) is 0 Å². The normalized spacial score (nSPS) is 43.7. The van der Waals surface area contributed by atoms with Crippen molar-refractivity contribution in [3.05, 3.63) is 0 Å². The van der Waals surface area contributed by atoms with Crippen LogP contribution in [-0.2, 0) is 0 Å². The van der Waals surface area contributed by atoms with Crippen LogP contribution in [0.2, 0.25) is 0 Å². The summed E-state index contributed by atoms with van der Waals surface area (Å²) in [5.74, 6) is 0. The molecule has 9 heavy (non-hydrogen) atoms. The van der Waals surface area contributed by atoms with Crippen molar-refractivity contribution in [2.24, 2.45) is 0 Å².